The maximum absolute atomic E-state index is 13.4. The molecule has 0 aromatic heterocycles. The Hall–Kier alpha value is -2.65. The molecule has 0 heterocycles. The Morgan fingerprint density at radius 1 is 1.11 bits per heavy atom. The molecule has 7 nitrogen and oxygen atoms in total. The van der Waals surface area contributed by atoms with Gasteiger partial charge >= 0.3 is 0 Å². The number of hydrogen-bond donors (Lipinski definition) is 1. The Morgan fingerprint density at radius 3 is 2.31 bits per heavy atom. The van der Waals surface area contributed by atoms with Gasteiger partial charge in [-0.25, -0.2) is 12.8 Å². The summed E-state index contributed by atoms with van der Waals surface area (Å²) >= 11 is 6.02. The molecule has 0 saturated carbocycles. The molecule has 1 atom stereocenters. The van der Waals surface area contributed by atoms with Crippen molar-refractivity contribution >= 4 is 39.1 Å². The molecule has 2 aromatic rings. The number of amides is 2. The molecule has 0 aliphatic rings. The van der Waals surface area contributed by atoms with E-state index in [1.54, 1.807) is 36.4 Å². The second-order valence-electron chi connectivity index (χ2n) is 8.65. The van der Waals surface area contributed by atoms with Crippen molar-refractivity contribution in [2.75, 3.05) is 17.1 Å². The number of hydrogen-bond acceptors (Lipinski definition) is 4. The number of benzene rings is 2. The van der Waals surface area contributed by atoms with Crippen LogP contribution in [-0.2, 0) is 26.2 Å². The summed E-state index contributed by atoms with van der Waals surface area (Å²) in [7, 11) is -3.60. The fourth-order valence-corrected chi connectivity index (χ4v) is 4.86. The third-order valence-electron chi connectivity index (χ3n) is 5.33. The van der Waals surface area contributed by atoms with E-state index in [1.807, 2.05) is 20.8 Å². The number of carbonyl (C=O) groups is 2. The summed E-state index contributed by atoms with van der Waals surface area (Å²) in [5.74, 6) is -0.952. The first-order valence-electron chi connectivity index (χ1n) is 11.5. The van der Waals surface area contributed by atoms with Gasteiger partial charge in [0.25, 0.3) is 0 Å². The van der Waals surface area contributed by atoms with Crippen molar-refractivity contribution in [1.82, 2.24) is 10.2 Å². The van der Waals surface area contributed by atoms with Gasteiger partial charge in [0.05, 0.1) is 11.9 Å². The maximum Gasteiger partial charge on any atom is 0.243 e. The lowest BCUT2D eigenvalue weighted by atomic mass is 10.1. The predicted octanol–water partition coefficient (Wildman–Crippen LogP) is 4.36. The smallest absolute Gasteiger partial charge is 0.243 e. The number of nitrogens with one attached hydrogen (secondary N) is 1. The van der Waals surface area contributed by atoms with Crippen LogP contribution in [0.5, 0.6) is 0 Å². The van der Waals surface area contributed by atoms with E-state index in [1.165, 1.54) is 21.3 Å². The van der Waals surface area contributed by atoms with Gasteiger partial charge in [-0.05, 0) is 62.6 Å². The minimum Gasteiger partial charge on any atom is -0.352 e. The van der Waals surface area contributed by atoms with Gasteiger partial charge < -0.3 is 10.2 Å². The van der Waals surface area contributed by atoms with Crippen LogP contribution in [0.3, 0.4) is 0 Å². The maximum atomic E-state index is 13.4. The predicted molar refractivity (Wildman–Crippen MR) is 137 cm³/mol. The van der Waals surface area contributed by atoms with Crippen LogP contribution >= 0.6 is 11.6 Å². The highest BCUT2D eigenvalue weighted by molar-refractivity contribution is 7.92. The molecule has 0 saturated heterocycles. The third kappa shape index (κ3) is 8.81. The molecule has 0 spiro atoms. The van der Waals surface area contributed by atoms with Crippen molar-refractivity contribution in [3.05, 3.63) is 64.9 Å². The first-order valence-corrected chi connectivity index (χ1v) is 13.7. The van der Waals surface area contributed by atoms with Crippen LogP contribution in [0.4, 0.5) is 10.1 Å². The normalized spacial score (nSPS) is 12.3. The lowest BCUT2D eigenvalue weighted by Crippen LogP contribution is -2.50. The van der Waals surface area contributed by atoms with Crippen molar-refractivity contribution in [3.63, 3.8) is 0 Å². The van der Waals surface area contributed by atoms with Crippen LogP contribution in [0.2, 0.25) is 5.02 Å². The van der Waals surface area contributed by atoms with E-state index in [4.69, 9.17) is 11.6 Å². The van der Waals surface area contributed by atoms with Crippen LogP contribution in [-0.4, -0.2) is 50.0 Å². The molecule has 2 aromatic carbocycles. The number of halogens is 2. The molecule has 2 amide bonds. The standard InChI is InChI=1S/C25H33ClFN3O4S/c1-5-23(25(32)28-18(2)3)29(17-19-11-13-21(27)14-12-19)24(31)10-7-15-30(35(4,33)34)22-9-6-8-20(26)16-22/h6,8-9,11-14,16,18,23H,5,7,10,15,17H2,1-4H3,(H,28,32)/t23-/m1/s1. The van der Waals surface area contributed by atoms with E-state index in [0.717, 1.165) is 6.26 Å². The first kappa shape index (κ1) is 28.6. The lowest BCUT2D eigenvalue weighted by Gasteiger charge is -2.31. The zero-order valence-electron chi connectivity index (χ0n) is 20.5. The molecular weight excluding hydrogens is 493 g/mol. The summed E-state index contributed by atoms with van der Waals surface area (Å²) in [4.78, 5) is 27.6. The Kier molecular flexibility index (Phi) is 10.5. The number of rotatable bonds is 12. The van der Waals surface area contributed by atoms with E-state index in [0.29, 0.717) is 22.7 Å². The van der Waals surface area contributed by atoms with Crippen LogP contribution in [0.15, 0.2) is 48.5 Å². The molecule has 10 heteroatoms. The topological polar surface area (TPSA) is 86.8 Å². The fraction of sp³-hybridized carbons (Fsp3) is 0.440. The SMILES string of the molecule is CC[C@H](C(=O)NC(C)C)N(Cc1ccc(F)cc1)C(=O)CCCN(c1cccc(Cl)c1)S(C)(=O)=O. The van der Waals surface area contributed by atoms with Crippen molar-refractivity contribution in [2.24, 2.45) is 0 Å². The van der Waals surface area contributed by atoms with Crippen molar-refractivity contribution in [2.45, 2.75) is 58.7 Å². The quantitative estimate of drug-likeness (QED) is 0.446. The second-order valence-corrected chi connectivity index (χ2v) is 11.0. The molecule has 2 rings (SSSR count). The number of anilines is 1. The molecule has 0 unspecified atom stereocenters. The van der Waals surface area contributed by atoms with E-state index in [9.17, 15) is 22.4 Å². The number of sulfonamides is 1. The molecule has 192 valence electrons. The van der Waals surface area contributed by atoms with Gasteiger partial charge in [-0.1, -0.05) is 36.7 Å². The van der Waals surface area contributed by atoms with E-state index < -0.39 is 21.9 Å². The fourth-order valence-electron chi connectivity index (χ4n) is 3.72. The Bertz CT molecular complexity index is 1110. The molecular formula is C25H33ClFN3O4S. The van der Waals surface area contributed by atoms with Gasteiger partial charge in [0.15, 0.2) is 0 Å². The summed E-state index contributed by atoms with van der Waals surface area (Å²) in [5, 5.41) is 3.25. The van der Waals surface area contributed by atoms with E-state index in [-0.39, 0.29) is 43.8 Å². The molecule has 0 bridgehead atoms. The van der Waals surface area contributed by atoms with Gasteiger partial charge in [0.2, 0.25) is 21.8 Å². The monoisotopic (exact) mass is 525 g/mol. The Morgan fingerprint density at radius 2 is 1.77 bits per heavy atom. The summed E-state index contributed by atoms with van der Waals surface area (Å²) in [6.45, 7) is 5.70. The number of carbonyl (C=O) groups excluding carboxylic acids is 2. The zero-order valence-corrected chi connectivity index (χ0v) is 22.1. The van der Waals surface area contributed by atoms with Crippen molar-refractivity contribution in [1.29, 1.82) is 0 Å². The highest BCUT2D eigenvalue weighted by atomic mass is 35.5. The minimum atomic E-state index is -3.60. The lowest BCUT2D eigenvalue weighted by molar-refractivity contribution is -0.141. The van der Waals surface area contributed by atoms with Crippen LogP contribution in [0, 0.1) is 5.82 Å². The van der Waals surface area contributed by atoms with Gasteiger partial charge in [-0.2, -0.15) is 0 Å². The number of nitrogens with zero attached hydrogens (tertiary/aromatic N) is 2. The van der Waals surface area contributed by atoms with Crippen LogP contribution in [0.25, 0.3) is 0 Å². The van der Waals surface area contributed by atoms with Crippen molar-refractivity contribution < 1.29 is 22.4 Å². The van der Waals surface area contributed by atoms with E-state index in [2.05, 4.69) is 5.32 Å². The first-order chi connectivity index (χ1) is 16.4. The highest BCUT2D eigenvalue weighted by Gasteiger charge is 2.29. The largest absolute Gasteiger partial charge is 0.352 e. The van der Waals surface area contributed by atoms with Gasteiger partial charge in [0, 0.05) is 30.6 Å². The molecule has 35 heavy (non-hydrogen) atoms. The molecule has 1 N–H and O–H groups in total. The summed E-state index contributed by atoms with van der Waals surface area (Å²) in [5.41, 5.74) is 1.10. The average molecular weight is 526 g/mol. The van der Waals surface area contributed by atoms with Crippen LogP contribution in [0.1, 0.15) is 45.6 Å². The van der Waals surface area contributed by atoms with Crippen molar-refractivity contribution in [3.8, 4) is 0 Å². The highest BCUT2D eigenvalue weighted by Crippen LogP contribution is 2.23. The minimum absolute atomic E-state index is 0.0270. The third-order valence-corrected chi connectivity index (χ3v) is 6.76. The second kappa shape index (κ2) is 12.9. The van der Waals surface area contributed by atoms with Gasteiger partial charge in [-0.15, -0.1) is 0 Å². The summed E-state index contributed by atoms with van der Waals surface area (Å²) in [6.07, 6.45) is 1.75. The molecule has 0 aliphatic heterocycles. The summed E-state index contributed by atoms with van der Waals surface area (Å²) < 4.78 is 39.3. The van der Waals surface area contributed by atoms with Gasteiger partial charge in [0.1, 0.15) is 11.9 Å². The Balaban J connectivity index is 2.21. The van der Waals surface area contributed by atoms with Crippen LogP contribution < -0.4 is 9.62 Å². The molecule has 0 fully saturated rings. The average Bonchev–Trinajstić information content (AvgIpc) is 2.76. The Labute approximate surface area is 212 Å². The van der Waals surface area contributed by atoms with Gasteiger partial charge in [-0.3, -0.25) is 13.9 Å². The zero-order chi connectivity index (χ0) is 26.2. The summed E-state index contributed by atoms with van der Waals surface area (Å²) in [6, 6.07) is 11.5. The molecule has 0 radical (unpaired) electrons. The van der Waals surface area contributed by atoms with E-state index >= 15 is 0 Å². The molecule has 0 aliphatic carbocycles.